The summed E-state index contributed by atoms with van der Waals surface area (Å²) in [5, 5.41) is 6.84. The summed E-state index contributed by atoms with van der Waals surface area (Å²) in [6.45, 7) is 6.92. The molecule has 18 heavy (non-hydrogen) atoms. The molecule has 1 aliphatic heterocycles. The number of hydrogen-bond acceptors (Lipinski definition) is 2. The van der Waals surface area contributed by atoms with E-state index in [0.717, 1.165) is 42.4 Å². The van der Waals surface area contributed by atoms with E-state index < -0.39 is 6.17 Å². The molecule has 0 radical (unpaired) electrons. The largest absolute Gasteiger partial charge is 0.385 e. The molecule has 1 aromatic rings. The van der Waals surface area contributed by atoms with Crippen LogP contribution in [0.5, 0.6) is 0 Å². The Morgan fingerprint density at radius 3 is 2.94 bits per heavy atom. The standard InChI is InChI=1S/C15H23FN2/c1-11-9-14(12(2)16)3-4-15(11)18-8-6-13-5-7-17-10-13/h3-4,9,12-13,17-18H,5-8,10H2,1-2H3. The van der Waals surface area contributed by atoms with Crippen molar-refractivity contribution in [3.63, 3.8) is 0 Å². The van der Waals surface area contributed by atoms with Crippen LogP contribution in [0.3, 0.4) is 0 Å². The summed E-state index contributed by atoms with van der Waals surface area (Å²) in [5.41, 5.74) is 3.02. The molecular formula is C15H23FN2. The van der Waals surface area contributed by atoms with Crippen LogP contribution in [0.1, 0.15) is 37.1 Å². The van der Waals surface area contributed by atoms with Crippen molar-refractivity contribution in [3.05, 3.63) is 29.3 Å². The van der Waals surface area contributed by atoms with E-state index >= 15 is 0 Å². The van der Waals surface area contributed by atoms with Crippen molar-refractivity contribution in [2.24, 2.45) is 5.92 Å². The fourth-order valence-electron chi connectivity index (χ4n) is 2.50. The lowest BCUT2D eigenvalue weighted by molar-refractivity contribution is 0.374. The fraction of sp³-hybridized carbons (Fsp3) is 0.600. The maximum atomic E-state index is 13.2. The van der Waals surface area contributed by atoms with Crippen molar-refractivity contribution >= 4 is 5.69 Å². The molecule has 3 heteroatoms. The molecule has 1 aromatic carbocycles. The second-order valence-corrected chi connectivity index (χ2v) is 5.26. The van der Waals surface area contributed by atoms with Gasteiger partial charge in [-0.2, -0.15) is 0 Å². The minimum atomic E-state index is -0.887. The Hall–Kier alpha value is -1.09. The predicted octanol–water partition coefficient (Wildman–Crippen LogP) is 3.44. The number of alkyl halides is 1. The van der Waals surface area contributed by atoms with Crippen LogP contribution in [0.2, 0.25) is 0 Å². The topological polar surface area (TPSA) is 24.1 Å². The molecule has 2 rings (SSSR count). The number of rotatable bonds is 5. The average Bonchev–Trinajstić information content (AvgIpc) is 2.84. The van der Waals surface area contributed by atoms with Gasteiger partial charge in [0.05, 0.1) is 0 Å². The Morgan fingerprint density at radius 1 is 1.50 bits per heavy atom. The highest BCUT2D eigenvalue weighted by molar-refractivity contribution is 5.52. The van der Waals surface area contributed by atoms with Crippen molar-refractivity contribution in [1.29, 1.82) is 0 Å². The van der Waals surface area contributed by atoms with Gasteiger partial charge in [-0.1, -0.05) is 12.1 Å². The number of hydrogen-bond donors (Lipinski definition) is 2. The molecule has 0 amide bonds. The number of halogens is 1. The quantitative estimate of drug-likeness (QED) is 0.836. The molecule has 1 saturated heterocycles. The van der Waals surface area contributed by atoms with E-state index in [1.54, 1.807) is 6.92 Å². The lowest BCUT2D eigenvalue weighted by atomic mass is 10.0. The molecule has 1 aliphatic rings. The van der Waals surface area contributed by atoms with Crippen LogP contribution in [0.15, 0.2) is 18.2 Å². The van der Waals surface area contributed by atoms with Crippen LogP contribution in [0, 0.1) is 12.8 Å². The van der Waals surface area contributed by atoms with Gasteiger partial charge in [-0.15, -0.1) is 0 Å². The Bertz CT molecular complexity index is 384. The van der Waals surface area contributed by atoms with Crippen LogP contribution in [-0.4, -0.2) is 19.6 Å². The summed E-state index contributed by atoms with van der Waals surface area (Å²) < 4.78 is 13.2. The molecule has 0 bridgehead atoms. The highest BCUT2D eigenvalue weighted by atomic mass is 19.1. The fourth-order valence-corrected chi connectivity index (χ4v) is 2.50. The molecule has 2 N–H and O–H groups in total. The lowest BCUT2D eigenvalue weighted by Crippen LogP contribution is -2.13. The summed E-state index contributed by atoms with van der Waals surface area (Å²) in [6, 6.07) is 5.80. The summed E-state index contributed by atoms with van der Waals surface area (Å²) in [5.74, 6) is 0.808. The molecular weight excluding hydrogens is 227 g/mol. The average molecular weight is 250 g/mol. The first-order chi connectivity index (χ1) is 8.66. The number of nitrogens with one attached hydrogen (secondary N) is 2. The summed E-state index contributed by atoms with van der Waals surface area (Å²) in [4.78, 5) is 0. The number of benzene rings is 1. The monoisotopic (exact) mass is 250 g/mol. The third kappa shape index (κ3) is 3.45. The van der Waals surface area contributed by atoms with E-state index in [1.807, 2.05) is 25.1 Å². The van der Waals surface area contributed by atoms with Crippen molar-refractivity contribution < 1.29 is 4.39 Å². The lowest BCUT2D eigenvalue weighted by Gasteiger charge is -2.13. The smallest absolute Gasteiger partial charge is 0.122 e. The predicted molar refractivity (Wildman–Crippen MR) is 74.8 cm³/mol. The first-order valence-corrected chi connectivity index (χ1v) is 6.86. The molecule has 1 heterocycles. The molecule has 0 aliphatic carbocycles. The Kier molecular flexibility index (Phi) is 4.59. The first-order valence-electron chi connectivity index (χ1n) is 6.86. The highest BCUT2D eigenvalue weighted by Gasteiger charge is 2.13. The van der Waals surface area contributed by atoms with Gasteiger partial charge >= 0.3 is 0 Å². The Balaban J connectivity index is 1.85. The normalized spacial score (nSPS) is 20.9. The van der Waals surface area contributed by atoms with Gasteiger partial charge in [0.15, 0.2) is 0 Å². The number of anilines is 1. The van der Waals surface area contributed by atoms with Crippen LogP contribution in [0.4, 0.5) is 10.1 Å². The van der Waals surface area contributed by atoms with Gasteiger partial charge in [-0.05, 0) is 62.9 Å². The maximum Gasteiger partial charge on any atom is 0.122 e. The number of aryl methyl sites for hydroxylation is 1. The van der Waals surface area contributed by atoms with Crippen LogP contribution < -0.4 is 10.6 Å². The van der Waals surface area contributed by atoms with E-state index in [4.69, 9.17) is 0 Å². The van der Waals surface area contributed by atoms with Gasteiger partial charge in [-0.3, -0.25) is 0 Å². The Morgan fingerprint density at radius 2 is 2.33 bits per heavy atom. The summed E-state index contributed by atoms with van der Waals surface area (Å²) in [7, 11) is 0. The molecule has 2 atom stereocenters. The molecule has 0 aromatic heterocycles. The van der Waals surface area contributed by atoms with Crippen LogP contribution in [-0.2, 0) is 0 Å². The zero-order valence-corrected chi connectivity index (χ0v) is 11.3. The molecule has 100 valence electrons. The minimum absolute atomic E-state index is 0.762. The van der Waals surface area contributed by atoms with Crippen LogP contribution >= 0.6 is 0 Å². The second-order valence-electron chi connectivity index (χ2n) is 5.26. The molecule has 2 nitrogen and oxygen atoms in total. The van der Waals surface area contributed by atoms with Gasteiger partial charge < -0.3 is 10.6 Å². The van der Waals surface area contributed by atoms with Gasteiger partial charge in [0.2, 0.25) is 0 Å². The minimum Gasteiger partial charge on any atom is -0.385 e. The van der Waals surface area contributed by atoms with E-state index in [9.17, 15) is 4.39 Å². The first kappa shape index (κ1) is 13.3. The van der Waals surface area contributed by atoms with Gasteiger partial charge in [0.25, 0.3) is 0 Å². The molecule has 0 spiro atoms. The van der Waals surface area contributed by atoms with E-state index in [2.05, 4.69) is 10.6 Å². The summed E-state index contributed by atoms with van der Waals surface area (Å²) in [6.07, 6.45) is 1.61. The SMILES string of the molecule is Cc1cc(C(C)F)ccc1NCCC1CCNC1. The van der Waals surface area contributed by atoms with Gasteiger partial charge in [0.1, 0.15) is 6.17 Å². The third-order valence-corrected chi connectivity index (χ3v) is 3.74. The molecule has 2 unspecified atom stereocenters. The van der Waals surface area contributed by atoms with Crippen molar-refractivity contribution in [2.45, 2.75) is 32.9 Å². The summed E-state index contributed by atoms with van der Waals surface area (Å²) >= 11 is 0. The highest BCUT2D eigenvalue weighted by Crippen LogP contribution is 2.23. The second kappa shape index (κ2) is 6.19. The Labute approximate surface area is 109 Å². The van der Waals surface area contributed by atoms with Crippen molar-refractivity contribution in [1.82, 2.24) is 5.32 Å². The zero-order chi connectivity index (χ0) is 13.0. The molecule has 1 fully saturated rings. The third-order valence-electron chi connectivity index (χ3n) is 3.74. The van der Waals surface area contributed by atoms with Gasteiger partial charge in [-0.25, -0.2) is 4.39 Å². The van der Waals surface area contributed by atoms with E-state index in [0.29, 0.717) is 0 Å². The van der Waals surface area contributed by atoms with Crippen molar-refractivity contribution in [2.75, 3.05) is 25.0 Å². The van der Waals surface area contributed by atoms with E-state index in [-0.39, 0.29) is 0 Å². The van der Waals surface area contributed by atoms with E-state index in [1.165, 1.54) is 12.8 Å². The van der Waals surface area contributed by atoms with Gasteiger partial charge in [0, 0.05) is 12.2 Å². The molecule has 0 saturated carbocycles. The van der Waals surface area contributed by atoms with Crippen molar-refractivity contribution in [3.8, 4) is 0 Å². The maximum absolute atomic E-state index is 13.2. The van der Waals surface area contributed by atoms with Crippen LogP contribution in [0.25, 0.3) is 0 Å². The zero-order valence-electron chi connectivity index (χ0n) is 11.3.